The van der Waals surface area contributed by atoms with Crippen molar-refractivity contribution >= 4 is 23.7 Å². The monoisotopic (exact) mass is 884 g/mol. The van der Waals surface area contributed by atoms with E-state index in [2.05, 4.69) is 39.2 Å². The largest absolute Gasteiger partial charge is 0.379 e. The van der Waals surface area contributed by atoms with Gasteiger partial charge in [-0.1, -0.05) is 152 Å². The second kappa shape index (κ2) is 51.8. The van der Waals surface area contributed by atoms with Crippen LogP contribution in [0.2, 0.25) is 0 Å². The Balaban J connectivity index is 0. The minimum atomic E-state index is -0.482. The van der Waals surface area contributed by atoms with Crippen molar-refractivity contribution in [3.05, 3.63) is 20.9 Å². The molecule has 1 saturated heterocycles. The average molecular weight is 884 g/mol. The number of hydroxylamine groups is 2. The lowest BCUT2D eigenvalue weighted by Crippen LogP contribution is -2.31. The van der Waals surface area contributed by atoms with Crippen LogP contribution >= 0.6 is 0 Å². The van der Waals surface area contributed by atoms with Gasteiger partial charge in [0.2, 0.25) is 5.91 Å². The van der Waals surface area contributed by atoms with Crippen LogP contribution in [-0.4, -0.2) is 108 Å². The second-order valence-corrected chi connectivity index (χ2v) is 15.1. The first-order valence-corrected chi connectivity index (χ1v) is 23.7. The first-order chi connectivity index (χ1) is 30.4. The third-order valence-electron chi connectivity index (χ3n) is 9.56. The molecule has 1 rings (SSSR count). The number of carbonyl (C=O) groups excluding carboxylic acids is 4. The summed E-state index contributed by atoms with van der Waals surface area (Å²) < 4.78 is 20.7. The summed E-state index contributed by atoms with van der Waals surface area (Å²) in [4.78, 5) is 55.9. The van der Waals surface area contributed by atoms with Gasteiger partial charge < -0.3 is 34.8 Å². The lowest BCUT2D eigenvalue weighted by Gasteiger charge is -2.12. The Kier molecular flexibility index (Phi) is 50.7. The number of nitrogens with zero attached hydrogens (tertiary/aromatic N) is 7. The Morgan fingerprint density at radius 1 is 0.565 bits per heavy atom. The Bertz CT molecular complexity index is 1140. The number of nitrogens with two attached hydrogens (primary N) is 1. The van der Waals surface area contributed by atoms with Crippen LogP contribution in [0.3, 0.4) is 0 Å². The number of imide groups is 1. The molecule has 0 bridgehead atoms. The number of rotatable bonds is 42. The lowest BCUT2D eigenvalue weighted by molar-refractivity contribution is -0.197. The summed E-state index contributed by atoms with van der Waals surface area (Å²) in [6, 6.07) is 0. The van der Waals surface area contributed by atoms with E-state index in [9.17, 15) is 19.2 Å². The molecule has 0 aromatic carbocycles. The predicted molar refractivity (Wildman–Crippen MR) is 243 cm³/mol. The summed E-state index contributed by atoms with van der Waals surface area (Å²) in [6.45, 7) is 10.1. The lowest BCUT2D eigenvalue weighted by atomic mass is 10.1. The highest BCUT2D eigenvalue weighted by atomic mass is 16.7. The highest BCUT2D eigenvalue weighted by molar-refractivity contribution is 6.01. The minimum absolute atomic E-state index is 0.111. The molecule has 0 aliphatic carbocycles. The van der Waals surface area contributed by atoms with E-state index in [1.165, 1.54) is 109 Å². The molecule has 0 atom stereocenters. The normalized spacial score (nSPS) is 11.8. The standard InChI is InChI=1S/C20H40N4O3.C18H31NO4.C6H14N4O2/c1-2-3-4-5-6-7-8-9-10-11-12-13-20(25)22-14-16-26-18-19-27-17-15-23-24-21;1-2-3-4-5-6-7-8-9-10-11-12-13-18(22)23-19-16(20)14-15-17(19)21;7-1-3-11-5-6-12-4-2-9-10-8/h2-19H2,1H3,(H,22,25);2-15H2,1H3;1-7H2. The number of hydrogen-bond donors (Lipinski definition) is 2. The van der Waals surface area contributed by atoms with Gasteiger partial charge >= 0.3 is 5.97 Å². The van der Waals surface area contributed by atoms with Gasteiger partial charge in [0, 0.05) is 61.7 Å². The van der Waals surface area contributed by atoms with E-state index in [0.29, 0.717) is 90.5 Å². The fourth-order valence-electron chi connectivity index (χ4n) is 6.07. The zero-order valence-corrected chi connectivity index (χ0v) is 38.8. The van der Waals surface area contributed by atoms with Crippen LogP contribution in [0.4, 0.5) is 0 Å². The number of nitrogens with one attached hydrogen (secondary N) is 1. The van der Waals surface area contributed by atoms with Gasteiger partial charge in [0.15, 0.2) is 0 Å². The summed E-state index contributed by atoms with van der Waals surface area (Å²) in [5.74, 6) is -1.20. The molecule has 1 aliphatic heterocycles. The molecule has 3 amide bonds. The number of azide groups is 2. The maximum Gasteiger partial charge on any atom is 0.333 e. The predicted octanol–water partition coefficient (Wildman–Crippen LogP) is 9.73. The van der Waals surface area contributed by atoms with Crippen LogP contribution in [0.25, 0.3) is 20.9 Å². The van der Waals surface area contributed by atoms with Crippen molar-refractivity contribution in [3.63, 3.8) is 0 Å². The number of carbonyl (C=O) groups is 4. The zero-order chi connectivity index (χ0) is 45.8. The van der Waals surface area contributed by atoms with Crippen molar-refractivity contribution in [1.29, 1.82) is 0 Å². The molecule has 0 aromatic rings. The van der Waals surface area contributed by atoms with Crippen molar-refractivity contribution < 1.29 is 43.0 Å². The Morgan fingerprint density at radius 3 is 1.34 bits per heavy atom. The van der Waals surface area contributed by atoms with Gasteiger partial charge in [0.1, 0.15) is 0 Å². The smallest absolute Gasteiger partial charge is 0.333 e. The van der Waals surface area contributed by atoms with E-state index in [0.717, 1.165) is 32.1 Å². The molecule has 1 heterocycles. The molecular formula is C44H85N9O9. The van der Waals surface area contributed by atoms with Crippen LogP contribution in [0.15, 0.2) is 10.2 Å². The third kappa shape index (κ3) is 47.5. The molecular weight excluding hydrogens is 799 g/mol. The topological polar surface area (TPSA) is 253 Å². The van der Waals surface area contributed by atoms with Crippen molar-refractivity contribution in [1.82, 2.24) is 10.4 Å². The molecule has 18 heteroatoms. The summed E-state index contributed by atoms with van der Waals surface area (Å²) in [5, 5.41) is 10.2. The fraction of sp³-hybridized carbons (Fsp3) is 0.909. The van der Waals surface area contributed by atoms with Crippen LogP contribution < -0.4 is 11.1 Å². The molecule has 0 aromatic heterocycles. The maximum absolute atomic E-state index is 11.7. The van der Waals surface area contributed by atoms with Crippen LogP contribution in [-0.2, 0) is 43.0 Å². The number of hydrogen-bond acceptors (Lipinski definition) is 12. The molecule has 0 unspecified atom stereocenters. The highest BCUT2D eigenvalue weighted by Gasteiger charge is 2.32. The van der Waals surface area contributed by atoms with Gasteiger partial charge in [0.05, 0.1) is 52.9 Å². The van der Waals surface area contributed by atoms with Gasteiger partial charge in [-0.3, -0.25) is 14.4 Å². The number of amides is 3. The van der Waals surface area contributed by atoms with E-state index in [-0.39, 0.29) is 25.2 Å². The Morgan fingerprint density at radius 2 is 0.935 bits per heavy atom. The van der Waals surface area contributed by atoms with E-state index in [1.807, 2.05) is 0 Å². The molecule has 0 radical (unpaired) electrons. The Labute approximate surface area is 373 Å². The van der Waals surface area contributed by atoms with Crippen LogP contribution in [0.1, 0.15) is 181 Å². The van der Waals surface area contributed by atoms with Gasteiger partial charge in [-0.15, -0.1) is 5.06 Å². The molecule has 1 fully saturated rings. The number of ether oxygens (including phenoxy) is 4. The van der Waals surface area contributed by atoms with Crippen molar-refractivity contribution in [2.45, 2.75) is 181 Å². The van der Waals surface area contributed by atoms with Gasteiger partial charge in [-0.2, -0.15) is 0 Å². The molecule has 0 spiro atoms. The fourth-order valence-corrected chi connectivity index (χ4v) is 6.07. The second-order valence-electron chi connectivity index (χ2n) is 15.1. The molecule has 1 aliphatic rings. The molecule has 0 saturated carbocycles. The summed E-state index contributed by atoms with van der Waals surface area (Å²) >= 11 is 0. The average Bonchev–Trinajstić information content (AvgIpc) is 3.58. The minimum Gasteiger partial charge on any atom is -0.379 e. The van der Waals surface area contributed by atoms with E-state index in [4.69, 9.17) is 40.6 Å². The summed E-state index contributed by atoms with van der Waals surface area (Å²) in [7, 11) is 0. The Hall–Kier alpha value is -3.50. The first kappa shape index (κ1) is 60.6. The first-order valence-electron chi connectivity index (χ1n) is 23.7. The zero-order valence-electron chi connectivity index (χ0n) is 38.8. The quantitative estimate of drug-likeness (QED) is 0.0193. The van der Waals surface area contributed by atoms with Crippen molar-refractivity contribution in [3.8, 4) is 0 Å². The summed E-state index contributed by atoms with van der Waals surface area (Å²) in [5.41, 5.74) is 21.2. The SMILES string of the molecule is CCCCCCCCCCCCCC(=O)NCCOCCOCCN=[N+]=[N-].CCCCCCCCCCCCCC(=O)ON1C(=O)CCC1=O.[N-]=[N+]=NCCOCCOCCN. The van der Waals surface area contributed by atoms with E-state index in [1.54, 1.807) is 0 Å². The van der Waals surface area contributed by atoms with Crippen molar-refractivity contribution in [2.75, 3.05) is 79.0 Å². The van der Waals surface area contributed by atoms with Gasteiger partial charge in [-0.05, 0) is 23.9 Å². The molecule has 62 heavy (non-hydrogen) atoms. The van der Waals surface area contributed by atoms with Gasteiger partial charge in [-0.25, -0.2) is 4.79 Å². The van der Waals surface area contributed by atoms with E-state index < -0.39 is 17.8 Å². The highest BCUT2D eigenvalue weighted by Crippen LogP contribution is 2.15. The van der Waals surface area contributed by atoms with Gasteiger partial charge in [0.25, 0.3) is 11.8 Å². The van der Waals surface area contributed by atoms with E-state index >= 15 is 0 Å². The number of unbranched alkanes of at least 4 members (excludes halogenated alkanes) is 20. The summed E-state index contributed by atoms with van der Waals surface area (Å²) in [6.07, 6.45) is 28.8. The third-order valence-corrected chi connectivity index (χ3v) is 9.56. The van der Waals surface area contributed by atoms with Crippen LogP contribution in [0, 0.1) is 0 Å². The maximum atomic E-state index is 11.7. The van der Waals surface area contributed by atoms with Crippen molar-refractivity contribution in [2.24, 2.45) is 16.0 Å². The molecule has 360 valence electrons. The molecule has 18 nitrogen and oxygen atoms in total. The van der Waals surface area contributed by atoms with Crippen LogP contribution in [0.5, 0.6) is 0 Å². The molecule has 3 N–H and O–H groups in total.